The van der Waals surface area contributed by atoms with E-state index >= 15 is 0 Å². The first-order valence-corrected chi connectivity index (χ1v) is 7.76. The van der Waals surface area contributed by atoms with E-state index < -0.39 is 0 Å². The third-order valence-electron chi connectivity index (χ3n) is 4.84. The Labute approximate surface area is 126 Å². The van der Waals surface area contributed by atoms with Crippen LogP contribution in [-0.4, -0.2) is 17.0 Å². The number of aromatic nitrogens is 2. The zero-order valence-corrected chi connectivity index (χ0v) is 13.1. The predicted molar refractivity (Wildman–Crippen MR) is 86.7 cm³/mol. The fourth-order valence-electron chi connectivity index (χ4n) is 3.46. The van der Waals surface area contributed by atoms with Crippen LogP contribution in [0.2, 0.25) is 0 Å². The molecule has 0 radical (unpaired) electrons. The predicted octanol–water partition coefficient (Wildman–Crippen LogP) is 4.00. The van der Waals surface area contributed by atoms with Crippen molar-refractivity contribution in [1.82, 2.24) is 9.97 Å². The molecule has 0 bridgehead atoms. The summed E-state index contributed by atoms with van der Waals surface area (Å²) in [4.78, 5) is 9.72. The molecule has 1 aromatic heterocycles. The SMILES string of the molecule is CNc1nc(C2(c3ccccc3)CCCC2)nc(C)c1C. The summed E-state index contributed by atoms with van der Waals surface area (Å²) in [5.74, 6) is 1.94. The summed E-state index contributed by atoms with van der Waals surface area (Å²) >= 11 is 0. The van der Waals surface area contributed by atoms with Gasteiger partial charge in [-0.05, 0) is 32.3 Å². The molecular formula is C18H23N3. The number of nitrogens with zero attached hydrogens (tertiary/aromatic N) is 2. The lowest BCUT2D eigenvalue weighted by Crippen LogP contribution is -2.27. The van der Waals surface area contributed by atoms with Crippen LogP contribution in [0.1, 0.15) is 48.3 Å². The summed E-state index contributed by atoms with van der Waals surface area (Å²) in [7, 11) is 1.93. The summed E-state index contributed by atoms with van der Waals surface area (Å²) in [5, 5.41) is 3.22. The highest BCUT2D eigenvalue weighted by Crippen LogP contribution is 2.45. The Morgan fingerprint density at radius 1 is 1.00 bits per heavy atom. The molecule has 0 spiro atoms. The van der Waals surface area contributed by atoms with Crippen molar-refractivity contribution in [3.05, 3.63) is 53.0 Å². The van der Waals surface area contributed by atoms with E-state index in [-0.39, 0.29) is 5.41 Å². The lowest BCUT2D eigenvalue weighted by molar-refractivity contribution is 0.498. The number of anilines is 1. The Morgan fingerprint density at radius 2 is 1.67 bits per heavy atom. The standard InChI is InChI=1S/C18H23N3/c1-13-14(2)20-17(21-16(13)19-3)18(11-7-8-12-18)15-9-5-4-6-10-15/h4-6,9-10H,7-8,11-12H2,1-3H3,(H,19,20,21). The van der Waals surface area contributed by atoms with Gasteiger partial charge in [-0.15, -0.1) is 0 Å². The Kier molecular flexibility index (Phi) is 3.66. The first kappa shape index (κ1) is 14.1. The minimum Gasteiger partial charge on any atom is -0.373 e. The number of benzene rings is 1. The molecule has 110 valence electrons. The minimum absolute atomic E-state index is 0.00861. The highest BCUT2D eigenvalue weighted by molar-refractivity contribution is 5.47. The molecule has 0 aliphatic heterocycles. The van der Waals surface area contributed by atoms with Crippen LogP contribution in [0, 0.1) is 13.8 Å². The topological polar surface area (TPSA) is 37.8 Å². The first-order chi connectivity index (χ1) is 10.2. The van der Waals surface area contributed by atoms with Crippen molar-refractivity contribution in [2.45, 2.75) is 44.9 Å². The van der Waals surface area contributed by atoms with Crippen LogP contribution in [0.25, 0.3) is 0 Å². The molecule has 0 atom stereocenters. The van der Waals surface area contributed by atoms with Crippen molar-refractivity contribution in [3.63, 3.8) is 0 Å². The van der Waals surface area contributed by atoms with Gasteiger partial charge in [0.1, 0.15) is 11.6 Å². The monoisotopic (exact) mass is 281 g/mol. The van der Waals surface area contributed by atoms with Gasteiger partial charge in [0.2, 0.25) is 0 Å². The van der Waals surface area contributed by atoms with Gasteiger partial charge in [-0.3, -0.25) is 0 Å². The smallest absolute Gasteiger partial charge is 0.141 e. The second-order valence-corrected chi connectivity index (χ2v) is 6.01. The zero-order valence-electron chi connectivity index (χ0n) is 13.1. The van der Waals surface area contributed by atoms with Crippen LogP contribution in [0.4, 0.5) is 5.82 Å². The first-order valence-electron chi connectivity index (χ1n) is 7.76. The Bertz CT molecular complexity index is 628. The van der Waals surface area contributed by atoms with Gasteiger partial charge in [0.05, 0.1) is 5.41 Å². The summed E-state index contributed by atoms with van der Waals surface area (Å²) in [5.41, 5.74) is 3.56. The van der Waals surface area contributed by atoms with Crippen molar-refractivity contribution >= 4 is 5.82 Å². The van der Waals surface area contributed by atoms with Gasteiger partial charge >= 0.3 is 0 Å². The summed E-state index contributed by atoms with van der Waals surface area (Å²) < 4.78 is 0. The number of nitrogens with one attached hydrogen (secondary N) is 1. The minimum atomic E-state index is -0.00861. The molecule has 0 saturated heterocycles. The van der Waals surface area contributed by atoms with Gasteiger partial charge in [-0.25, -0.2) is 9.97 Å². The highest BCUT2D eigenvalue weighted by atomic mass is 15.0. The third-order valence-corrected chi connectivity index (χ3v) is 4.84. The molecule has 3 nitrogen and oxygen atoms in total. The van der Waals surface area contributed by atoms with Crippen molar-refractivity contribution in [2.24, 2.45) is 0 Å². The fraction of sp³-hybridized carbons (Fsp3) is 0.444. The quantitative estimate of drug-likeness (QED) is 0.924. The molecule has 1 saturated carbocycles. The Morgan fingerprint density at radius 3 is 2.29 bits per heavy atom. The van der Waals surface area contributed by atoms with Gasteiger partial charge in [0, 0.05) is 18.3 Å². The molecule has 0 amide bonds. The maximum absolute atomic E-state index is 4.86. The average molecular weight is 281 g/mol. The molecule has 1 aliphatic rings. The summed E-state index contributed by atoms with van der Waals surface area (Å²) in [6, 6.07) is 10.8. The van der Waals surface area contributed by atoms with Crippen LogP contribution in [0.3, 0.4) is 0 Å². The number of rotatable bonds is 3. The maximum atomic E-state index is 4.86. The van der Waals surface area contributed by atoms with Gasteiger partial charge in [-0.1, -0.05) is 43.2 Å². The van der Waals surface area contributed by atoms with E-state index in [0.29, 0.717) is 0 Å². The molecule has 3 rings (SSSR count). The second-order valence-electron chi connectivity index (χ2n) is 6.01. The van der Waals surface area contributed by atoms with Crippen molar-refractivity contribution in [2.75, 3.05) is 12.4 Å². The molecule has 1 heterocycles. The third kappa shape index (κ3) is 2.31. The van der Waals surface area contributed by atoms with E-state index in [1.54, 1.807) is 0 Å². The molecule has 1 N–H and O–H groups in total. The fourth-order valence-corrected chi connectivity index (χ4v) is 3.46. The summed E-state index contributed by atoms with van der Waals surface area (Å²) in [6.07, 6.45) is 4.78. The number of hydrogen-bond donors (Lipinski definition) is 1. The van der Waals surface area contributed by atoms with E-state index in [4.69, 9.17) is 9.97 Å². The largest absolute Gasteiger partial charge is 0.373 e. The van der Waals surface area contributed by atoms with Crippen LogP contribution < -0.4 is 5.32 Å². The Hall–Kier alpha value is -1.90. The average Bonchev–Trinajstić information content (AvgIpc) is 3.01. The van der Waals surface area contributed by atoms with Gasteiger partial charge < -0.3 is 5.32 Å². The molecule has 1 aromatic carbocycles. The number of aryl methyl sites for hydroxylation is 1. The van der Waals surface area contributed by atoms with Crippen LogP contribution >= 0.6 is 0 Å². The van der Waals surface area contributed by atoms with Gasteiger partial charge in [0.25, 0.3) is 0 Å². The van der Waals surface area contributed by atoms with Crippen LogP contribution in [0.15, 0.2) is 30.3 Å². The van der Waals surface area contributed by atoms with E-state index in [0.717, 1.165) is 35.7 Å². The van der Waals surface area contributed by atoms with Gasteiger partial charge in [0.15, 0.2) is 0 Å². The second kappa shape index (κ2) is 5.47. The lowest BCUT2D eigenvalue weighted by Gasteiger charge is -2.29. The van der Waals surface area contributed by atoms with Crippen molar-refractivity contribution in [1.29, 1.82) is 0 Å². The zero-order chi connectivity index (χ0) is 14.9. The van der Waals surface area contributed by atoms with Crippen molar-refractivity contribution in [3.8, 4) is 0 Å². The molecule has 0 unspecified atom stereocenters. The molecular weight excluding hydrogens is 258 g/mol. The maximum Gasteiger partial charge on any atom is 0.141 e. The molecule has 2 aromatic rings. The molecule has 3 heteroatoms. The lowest BCUT2D eigenvalue weighted by atomic mass is 9.78. The highest BCUT2D eigenvalue weighted by Gasteiger charge is 2.40. The normalized spacial score (nSPS) is 16.9. The molecule has 1 fully saturated rings. The van der Waals surface area contributed by atoms with E-state index in [1.165, 1.54) is 18.4 Å². The van der Waals surface area contributed by atoms with Crippen LogP contribution in [0.5, 0.6) is 0 Å². The molecule has 21 heavy (non-hydrogen) atoms. The number of hydrogen-bond acceptors (Lipinski definition) is 3. The van der Waals surface area contributed by atoms with Crippen molar-refractivity contribution < 1.29 is 0 Å². The van der Waals surface area contributed by atoms with E-state index in [2.05, 4.69) is 49.5 Å². The Balaban J connectivity index is 2.17. The van der Waals surface area contributed by atoms with E-state index in [9.17, 15) is 0 Å². The van der Waals surface area contributed by atoms with E-state index in [1.807, 2.05) is 7.05 Å². The van der Waals surface area contributed by atoms with Crippen LogP contribution in [-0.2, 0) is 5.41 Å². The molecule has 1 aliphatic carbocycles. The summed E-state index contributed by atoms with van der Waals surface area (Å²) in [6.45, 7) is 4.16. The van der Waals surface area contributed by atoms with Gasteiger partial charge in [-0.2, -0.15) is 0 Å².